The Bertz CT molecular complexity index is 1020. The molecule has 7 heteroatoms. The molecule has 26 heavy (non-hydrogen) atoms. The van der Waals surface area contributed by atoms with Crippen molar-refractivity contribution in [3.63, 3.8) is 0 Å². The van der Waals surface area contributed by atoms with Crippen LogP contribution in [0.25, 0.3) is 0 Å². The summed E-state index contributed by atoms with van der Waals surface area (Å²) in [7, 11) is 0. The molecule has 0 saturated heterocycles. The second-order valence-corrected chi connectivity index (χ2v) is 7.16. The second-order valence-electron chi connectivity index (χ2n) is 6.10. The Kier molecular flexibility index (Phi) is 3.36. The highest BCUT2D eigenvalue weighted by Crippen LogP contribution is 2.41. The molecule has 3 aromatic rings. The summed E-state index contributed by atoms with van der Waals surface area (Å²) in [5, 5.41) is 6.39. The topological polar surface area (TPSA) is 63.7 Å². The molecule has 3 heterocycles. The zero-order valence-electron chi connectivity index (χ0n) is 13.9. The van der Waals surface area contributed by atoms with Gasteiger partial charge in [0.15, 0.2) is 17.7 Å². The van der Waals surface area contributed by atoms with Crippen LogP contribution in [0.2, 0.25) is 0 Å². The molecule has 0 unspecified atom stereocenters. The van der Waals surface area contributed by atoms with Crippen molar-refractivity contribution in [1.82, 2.24) is 4.98 Å². The summed E-state index contributed by atoms with van der Waals surface area (Å²) < 4.78 is 10.9. The summed E-state index contributed by atoms with van der Waals surface area (Å²) in [6.45, 7) is 2.15. The molecular weight excluding hydrogens is 350 g/mol. The average Bonchev–Trinajstić information content (AvgIpc) is 3.29. The zero-order valence-corrected chi connectivity index (χ0v) is 14.7. The van der Waals surface area contributed by atoms with Gasteiger partial charge in [-0.05, 0) is 31.2 Å². The van der Waals surface area contributed by atoms with E-state index in [9.17, 15) is 4.79 Å². The first kappa shape index (κ1) is 15.2. The lowest BCUT2D eigenvalue weighted by Crippen LogP contribution is -2.43. The Balaban J connectivity index is 1.65. The Morgan fingerprint density at radius 3 is 2.88 bits per heavy atom. The van der Waals surface area contributed by atoms with Crippen molar-refractivity contribution in [3.05, 3.63) is 64.1 Å². The minimum Gasteiger partial charge on any atom is -0.454 e. The Labute approximate surface area is 154 Å². The summed E-state index contributed by atoms with van der Waals surface area (Å²) >= 11 is 1.56. The molecule has 0 bridgehead atoms. The lowest BCUT2D eigenvalue weighted by molar-refractivity contribution is 0.0974. The number of nitrogens with zero attached hydrogens (tertiary/aromatic N) is 2. The van der Waals surface area contributed by atoms with Gasteiger partial charge < -0.3 is 14.8 Å². The highest BCUT2D eigenvalue weighted by Gasteiger charge is 2.35. The van der Waals surface area contributed by atoms with Crippen molar-refractivity contribution in [2.24, 2.45) is 0 Å². The zero-order chi connectivity index (χ0) is 17.7. The van der Waals surface area contributed by atoms with Crippen LogP contribution in [0.5, 0.6) is 11.5 Å². The fourth-order valence-electron chi connectivity index (χ4n) is 3.27. The van der Waals surface area contributed by atoms with E-state index in [0.29, 0.717) is 17.1 Å². The number of carbonyl (C=O) groups excluding carboxylic acids is 1. The number of para-hydroxylation sites is 1. The van der Waals surface area contributed by atoms with Crippen LogP contribution in [0.4, 0.5) is 11.4 Å². The van der Waals surface area contributed by atoms with E-state index in [-0.39, 0.29) is 18.9 Å². The largest absolute Gasteiger partial charge is 0.454 e. The Morgan fingerprint density at radius 2 is 2.04 bits per heavy atom. The summed E-state index contributed by atoms with van der Waals surface area (Å²) in [5.74, 6) is 1.25. The maximum Gasteiger partial charge on any atom is 0.262 e. The molecule has 1 aromatic heterocycles. The van der Waals surface area contributed by atoms with Crippen LogP contribution in [0, 0.1) is 6.92 Å². The van der Waals surface area contributed by atoms with E-state index in [1.54, 1.807) is 16.2 Å². The van der Waals surface area contributed by atoms with Crippen molar-refractivity contribution < 1.29 is 14.3 Å². The van der Waals surface area contributed by atoms with Crippen LogP contribution in [0.3, 0.4) is 0 Å². The number of nitrogens with one attached hydrogen (secondary N) is 1. The third kappa shape index (κ3) is 2.32. The Hall–Kier alpha value is -3.06. The van der Waals surface area contributed by atoms with E-state index < -0.39 is 0 Å². The molecule has 1 N–H and O–H groups in total. The van der Waals surface area contributed by atoms with Crippen molar-refractivity contribution in [2.75, 3.05) is 17.0 Å². The van der Waals surface area contributed by atoms with E-state index >= 15 is 0 Å². The first-order valence-electron chi connectivity index (χ1n) is 8.21. The molecule has 1 atom stereocenters. The van der Waals surface area contributed by atoms with E-state index in [1.807, 2.05) is 54.8 Å². The molecule has 0 radical (unpaired) electrons. The Morgan fingerprint density at radius 1 is 1.19 bits per heavy atom. The van der Waals surface area contributed by atoms with Gasteiger partial charge >= 0.3 is 0 Å². The first-order valence-corrected chi connectivity index (χ1v) is 9.09. The van der Waals surface area contributed by atoms with Gasteiger partial charge in [-0.3, -0.25) is 9.69 Å². The molecule has 2 aromatic carbocycles. The number of rotatable bonds is 2. The van der Waals surface area contributed by atoms with Gasteiger partial charge in [-0.25, -0.2) is 4.98 Å². The maximum atomic E-state index is 13.3. The highest BCUT2D eigenvalue weighted by molar-refractivity contribution is 7.09. The fraction of sp³-hybridized carbons (Fsp3) is 0.158. The monoisotopic (exact) mass is 365 g/mol. The van der Waals surface area contributed by atoms with Gasteiger partial charge in [0.25, 0.3) is 5.91 Å². The fourth-order valence-corrected chi connectivity index (χ4v) is 3.90. The van der Waals surface area contributed by atoms with Crippen molar-refractivity contribution in [3.8, 4) is 11.5 Å². The number of aromatic nitrogens is 1. The molecule has 1 amide bonds. The van der Waals surface area contributed by atoms with E-state index in [4.69, 9.17) is 9.47 Å². The van der Waals surface area contributed by atoms with Crippen molar-refractivity contribution >= 4 is 28.6 Å². The number of ether oxygens (including phenoxy) is 2. The van der Waals surface area contributed by atoms with Crippen LogP contribution in [0.15, 0.2) is 47.8 Å². The van der Waals surface area contributed by atoms with Gasteiger partial charge in [0, 0.05) is 17.1 Å². The van der Waals surface area contributed by atoms with Crippen LogP contribution in [0.1, 0.15) is 27.2 Å². The molecule has 0 fully saturated rings. The number of carbonyl (C=O) groups is 1. The molecule has 6 nitrogen and oxygen atoms in total. The highest BCUT2D eigenvalue weighted by atomic mass is 32.1. The molecule has 2 aliphatic rings. The molecule has 5 rings (SSSR count). The number of hydrogen-bond acceptors (Lipinski definition) is 6. The number of hydrogen-bond donors (Lipinski definition) is 1. The predicted octanol–water partition coefficient (Wildman–Crippen LogP) is 3.95. The number of benzene rings is 2. The van der Waals surface area contributed by atoms with Crippen LogP contribution < -0.4 is 19.7 Å². The molecular formula is C19H15N3O3S. The van der Waals surface area contributed by atoms with Crippen molar-refractivity contribution in [2.45, 2.75) is 13.1 Å². The second kappa shape index (κ2) is 5.74. The summed E-state index contributed by atoms with van der Waals surface area (Å²) in [4.78, 5) is 19.6. The van der Waals surface area contributed by atoms with Crippen LogP contribution in [-0.2, 0) is 0 Å². The van der Waals surface area contributed by atoms with Gasteiger partial charge in [0.1, 0.15) is 0 Å². The van der Waals surface area contributed by atoms with Crippen LogP contribution in [-0.4, -0.2) is 17.7 Å². The number of fused-ring (bicyclic) bond motifs is 2. The van der Waals surface area contributed by atoms with Gasteiger partial charge in [0.05, 0.1) is 22.0 Å². The van der Waals surface area contributed by atoms with E-state index in [1.165, 1.54) is 0 Å². The lowest BCUT2D eigenvalue weighted by atomic mass is 10.1. The number of anilines is 2. The van der Waals surface area contributed by atoms with E-state index in [0.717, 1.165) is 22.1 Å². The lowest BCUT2D eigenvalue weighted by Gasteiger charge is -2.37. The number of thiazole rings is 1. The number of amides is 1. The molecule has 0 saturated carbocycles. The number of aryl methyl sites for hydroxylation is 1. The molecule has 0 spiro atoms. The molecule has 0 aliphatic carbocycles. The summed E-state index contributed by atoms with van der Waals surface area (Å²) in [6, 6.07) is 13.1. The smallest absolute Gasteiger partial charge is 0.262 e. The molecule has 2 aliphatic heterocycles. The minimum atomic E-state index is -0.386. The standard InChI is InChI=1S/C19H15N3O3S/c1-11-20-15(9-26-11)18-21-14-5-3-2-4-13(14)19(23)22(18)12-6-7-16-17(8-12)25-10-24-16/h2-9,18,21H,10H2,1H3/t18-/m1/s1. The third-order valence-electron chi connectivity index (χ3n) is 4.48. The molecule has 130 valence electrons. The third-order valence-corrected chi connectivity index (χ3v) is 5.27. The van der Waals surface area contributed by atoms with Crippen LogP contribution >= 0.6 is 11.3 Å². The van der Waals surface area contributed by atoms with Gasteiger partial charge in [-0.2, -0.15) is 0 Å². The summed E-state index contributed by atoms with van der Waals surface area (Å²) in [6.07, 6.45) is -0.386. The maximum absolute atomic E-state index is 13.3. The van der Waals surface area contributed by atoms with Gasteiger partial charge in [-0.1, -0.05) is 12.1 Å². The average molecular weight is 365 g/mol. The van der Waals surface area contributed by atoms with Gasteiger partial charge in [-0.15, -0.1) is 11.3 Å². The quantitative estimate of drug-likeness (QED) is 0.745. The van der Waals surface area contributed by atoms with Gasteiger partial charge in [0.2, 0.25) is 6.79 Å². The predicted molar refractivity (Wildman–Crippen MR) is 99.0 cm³/mol. The summed E-state index contributed by atoms with van der Waals surface area (Å²) in [5.41, 5.74) is 2.99. The van der Waals surface area contributed by atoms with Crippen molar-refractivity contribution in [1.29, 1.82) is 0 Å². The normalized spacial score (nSPS) is 17.8. The SMILES string of the molecule is Cc1nc([C@@H]2Nc3ccccc3C(=O)N2c2ccc3c(c2)OCO3)cs1. The first-order chi connectivity index (χ1) is 12.7. The van der Waals surface area contributed by atoms with E-state index in [2.05, 4.69) is 10.3 Å². The minimum absolute atomic E-state index is 0.0751.